The molecule has 1 aliphatic heterocycles. The number of benzene rings is 2. The fourth-order valence-electron chi connectivity index (χ4n) is 5.97. The summed E-state index contributed by atoms with van der Waals surface area (Å²) in [5, 5.41) is 4.42. The number of Topliss-reactive ketones (excluding diaryl/α,β-unsaturated/α-hetero) is 1. The highest BCUT2D eigenvalue weighted by Gasteiger charge is 2.50. The number of methoxy groups -OCH3 is 1. The first-order chi connectivity index (χ1) is 16.9. The van der Waals surface area contributed by atoms with E-state index in [1.165, 1.54) is 0 Å². The van der Waals surface area contributed by atoms with Gasteiger partial charge in [0.1, 0.15) is 5.75 Å². The standard InChI is InChI=1S/C29H30N2O4/c1-5-35-28(33)26-17(2)31-23-15-18(19-9-6-7-12-25(19)34-4)16-24(32)27(23)29(26,3)21-10-8-11-22-20(21)13-14-30-22/h6-14,18,30-31H,5,15-16H2,1-4H3/t18-,29+/m1/s1. The van der Waals surface area contributed by atoms with E-state index in [9.17, 15) is 9.59 Å². The Balaban J connectivity index is 1.71. The molecule has 1 aliphatic carbocycles. The van der Waals surface area contributed by atoms with Crippen LogP contribution in [-0.4, -0.2) is 30.5 Å². The van der Waals surface area contributed by atoms with Gasteiger partial charge in [-0.05, 0) is 56.5 Å². The van der Waals surface area contributed by atoms with Crippen molar-refractivity contribution in [1.29, 1.82) is 0 Å². The number of H-pyrrole nitrogens is 1. The molecule has 0 bridgehead atoms. The fourth-order valence-corrected chi connectivity index (χ4v) is 5.97. The normalized spacial score (nSPS) is 22.2. The summed E-state index contributed by atoms with van der Waals surface area (Å²) in [5.74, 6) is 0.386. The largest absolute Gasteiger partial charge is 0.496 e. The lowest BCUT2D eigenvalue weighted by Gasteiger charge is -2.43. The third-order valence-electron chi connectivity index (χ3n) is 7.37. The van der Waals surface area contributed by atoms with Gasteiger partial charge < -0.3 is 19.8 Å². The molecule has 0 spiro atoms. The quantitative estimate of drug-likeness (QED) is 0.496. The van der Waals surface area contributed by atoms with Crippen molar-refractivity contribution >= 4 is 22.7 Å². The Kier molecular flexibility index (Phi) is 5.75. The highest BCUT2D eigenvalue weighted by Crippen LogP contribution is 2.51. The minimum Gasteiger partial charge on any atom is -0.496 e. The third kappa shape index (κ3) is 3.55. The van der Waals surface area contributed by atoms with Crippen LogP contribution in [0.15, 0.2) is 77.3 Å². The molecule has 0 unspecified atom stereocenters. The number of aromatic amines is 1. The number of dihydropyridines is 1. The molecule has 2 aliphatic rings. The summed E-state index contributed by atoms with van der Waals surface area (Å²) in [6.45, 7) is 5.93. The van der Waals surface area contributed by atoms with Gasteiger partial charge >= 0.3 is 5.97 Å². The summed E-state index contributed by atoms with van der Waals surface area (Å²) in [6.07, 6.45) is 2.87. The monoisotopic (exact) mass is 470 g/mol. The fraction of sp³-hybridized carbons (Fsp3) is 0.310. The molecular weight excluding hydrogens is 440 g/mol. The van der Waals surface area contributed by atoms with Crippen LogP contribution in [-0.2, 0) is 19.7 Å². The van der Waals surface area contributed by atoms with E-state index in [0.29, 0.717) is 29.7 Å². The lowest BCUT2D eigenvalue weighted by Crippen LogP contribution is -2.45. The number of ketones is 1. The third-order valence-corrected chi connectivity index (χ3v) is 7.37. The van der Waals surface area contributed by atoms with Crippen LogP contribution in [0.3, 0.4) is 0 Å². The van der Waals surface area contributed by atoms with Gasteiger partial charge in [0.05, 0.1) is 24.7 Å². The highest BCUT2D eigenvalue weighted by atomic mass is 16.5. The predicted octanol–water partition coefficient (Wildman–Crippen LogP) is 5.28. The van der Waals surface area contributed by atoms with Gasteiger partial charge in [-0.1, -0.05) is 30.3 Å². The predicted molar refractivity (Wildman–Crippen MR) is 135 cm³/mol. The van der Waals surface area contributed by atoms with Crippen molar-refractivity contribution in [3.8, 4) is 5.75 Å². The molecule has 6 heteroatoms. The molecule has 2 aromatic carbocycles. The number of fused-ring (bicyclic) bond motifs is 1. The van der Waals surface area contributed by atoms with Crippen LogP contribution >= 0.6 is 0 Å². The van der Waals surface area contributed by atoms with Crippen LogP contribution < -0.4 is 10.1 Å². The minimum absolute atomic E-state index is 0.0193. The van der Waals surface area contributed by atoms with Gasteiger partial charge in [0.2, 0.25) is 0 Å². The summed E-state index contributed by atoms with van der Waals surface area (Å²) in [6, 6.07) is 15.8. The molecule has 35 heavy (non-hydrogen) atoms. The summed E-state index contributed by atoms with van der Waals surface area (Å²) in [5.41, 5.74) is 4.63. The molecule has 0 fully saturated rings. The second-order valence-electron chi connectivity index (χ2n) is 9.34. The maximum absolute atomic E-state index is 14.0. The molecule has 6 nitrogen and oxygen atoms in total. The number of aromatic nitrogens is 1. The first-order valence-electron chi connectivity index (χ1n) is 12.0. The number of hydrogen-bond acceptors (Lipinski definition) is 5. The van der Waals surface area contributed by atoms with E-state index in [1.807, 2.05) is 68.6 Å². The molecule has 1 aromatic heterocycles. The lowest BCUT2D eigenvalue weighted by molar-refractivity contribution is -0.139. The number of allylic oxidation sites excluding steroid dienone is 3. The van der Waals surface area contributed by atoms with E-state index in [0.717, 1.165) is 33.5 Å². The van der Waals surface area contributed by atoms with Crippen LogP contribution in [0.5, 0.6) is 5.75 Å². The first-order valence-corrected chi connectivity index (χ1v) is 12.0. The van der Waals surface area contributed by atoms with Crippen molar-refractivity contribution < 1.29 is 19.1 Å². The van der Waals surface area contributed by atoms with E-state index in [2.05, 4.69) is 10.3 Å². The van der Waals surface area contributed by atoms with Gasteiger partial charge in [0, 0.05) is 46.4 Å². The Morgan fingerprint density at radius 3 is 2.69 bits per heavy atom. The van der Waals surface area contributed by atoms with Crippen LogP contribution in [0.1, 0.15) is 50.7 Å². The Labute approximate surface area is 205 Å². The van der Waals surface area contributed by atoms with E-state index < -0.39 is 11.4 Å². The molecule has 5 rings (SSSR count). The molecule has 0 saturated carbocycles. The minimum atomic E-state index is -0.957. The Bertz CT molecular complexity index is 1400. The number of esters is 1. The van der Waals surface area contributed by atoms with Gasteiger partial charge in [-0.25, -0.2) is 4.79 Å². The molecule has 0 saturated heterocycles. The number of hydrogen-bond donors (Lipinski definition) is 2. The second-order valence-corrected chi connectivity index (χ2v) is 9.34. The highest BCUT2D eigenvalue weighted by molar-refractivity contribution is 6.07. The van der Waals surface area contributed by atoms with Crippen molar-refractivity contribution in [2.45, 2.75) is 44.9 Å². The Morgan fingerprint density at radius 2 is 1.91 bits per heavy atom. The van der Waals surface area contributed by atoms with Gasteiger partial charge in [-0.2, -0.15) is 0 Å². The van der Waals surface area contributed by atoms with Crippen molar-refractivity contribution in [2.75, 3.05) is 13.7 Å². The smallest absolute Gasteiger partial charge is 0.337 e. The number of nitrogens with one attached hydrogen (secondary N) is 2. The Hall–Kier alpha value is -3.80. The maximum atomic E-state index is 14.0. The second kappa shape index (κ2) is 8.77. The lowest BCUT2D eigenvalue weighted by atomic mass is 9.62. The molecule has 2 atom stereocenters. The van der Waals surface area contributed by atoms with Gasteiger partial charge in [-0.3, -0.25) is 4.79 Å². The number of carbonyl (C=O) groups excluding carboxylic acids is 2. The molecule has 0 radical (unpaired) electrons. The molecule has 2 heterocycles. The first kappa shape index (κ1) is 23.0. The summed E-state index contributed by atoms with van der Waals surface area (Å²) < 4.78 is 11.1. The molecule has 0 amide bonds. The average Bonchev–Trinajstić information content (AvgIpc) is 3.32. The van der Waals surface area contributed by atoms with Gasteiger partial charge in [0.25, 0.3) is 0 Å². The average molecular weight is 471 g/mol. The number of rotatable bonds is 5. The van der Waals surface area contributed by atoms with E-state index in [4.69, 9.17) is 9.47 Å². The molecule has 2 N–H and O–H groups in total. The zero-order chi connectivity index (χ0) is 24.7. The Morgan fingerprint density at radius 1 is 1.11 bits per heavy atom. The topological polar surface area (TPSA) is 80.4 Å². The molecule has 180 valence electrons. The van der Waals surface area contributed by atoms with Crippen molar-refractivity contribution in [1.82, 2.24) is 10.3 Å². The molecule has 3 aromatic rings. The maximum Gasteiger partial charge on any atom is 0.337 e. The summed E-state index contributed by atoms with van der Waals surface area (Å²) >= 11 is 0. The zero-order valence-corrected chi connectivity index (χ0v) is 20.5. The van der Waals surface area contributed by atoms with Gasteiger partial charge in [0.15, 0.2) is 5.78 Å². The zero-order valence-electron chi connectivity index (χ0n) is 20.5. The van der Waals surface area contributed by atoms with E-state index in [1.54, 1.807) is 14.0 Å². The van der Waals surface area contributed by atoms with Gasteiger partial charge in [-0.15, -0.1) is 0 Å². The molecular formula is C29H30N2O4. The SMILES string of the molecule is CCOC(=O)C1=C(C)NC2=C(C(=O)C[C@H](c3ccccc3OC)C2)[C@@]1(C)c1cccc2[nH]ccc12. The van der Waals surface area contributed by atoms with E-state index in [-0.39, 0.29) is 18.3 Å². The van der Waals surface area contributed by atoms with Crippen LogP contribution in [0.4, 0.5) is 0 Å². The van der Waals surface area contributed by atoms with E-state index >= 15 is 0 Å². The van der Waals surface area contributed by atoms with Crippen LogP contribution in [0.2, 0.25) is 0 Å². The number of para-hydroxylation sites is 1. The van der Waals surface area contributed by atoms with Crippen molar-refractivity contribution in [2.24, 2.45) is 0 Å². The summed E-state index contributed by atoms with van der Waals surface area (Å²) in [4.78, 5) is 30.6. The number of carbonyl (C=O) groups is 2. The summed E-state index contributed by atoms with van der Waals surface area (Å²) in [7, 11) is 1.65. The number of ether oxygens (including phenoxy) is 2. The van der Waals surface area contributed by atoms with Crippen molar-refractivity contribution in [3.63, 3.8) is 0 Å². The van der Waals surface area contributed by atoms with Crippen LogP contribution in [0, 0.1) is 0 Å². The van der Waals surface area contributed by atoms with Crippen LogP contribution in [0.25, 0.3) is 10.9 Å². The van der Waals surface area contributed by atoms with Crippen molar-refractivity contribution in [3.05, 3.63) is 88.4 Å².